The Kier molecular flexibility index (Phi) is 4.31. The van der Waals surface area contributed by atoms with Crippen molar-refractivity contribution >= 4 is 12.1 Å². The average Bonchev–Trinajstić information content (AvgIpc) is 2.62. The maximum atomic E-state index is 14.6. The molecule has 0 saturated carbocycles. The molecule has 2 rings (SSSR count). The molecule has 1 aliphatic heterocycles. The van der Waals surface area contributed by atoms with Crippen LogP contribution >= 0.6 is 0 Å². The van der Waals surface area contributed by atoms with Crippen molar-refractivity contribution in [2.45, 2.75) is 18.8 Å². The lowest BCUT2D eigenvalue weighted by Crippen LogP contribution is -2.33. The summed E-state index contributed by atoms with van der Waals surface area (Å²) in [6.07, 6.45) is 5.60. The Morgan fingerprint density at radius 3 is 2.81 bits per heavy atom. The summed E-state index contributed by atoms with van der Waals surface area (Å²) in [6.45, 7) is 1.69. The van der Waals surface area contributed by atoms with Crippen LogP contribution in [0.15, 0.2) is 47.4 Å². The summed E-state index contributed by atoms with van der Waals surface area (Å²) >= 11 is 0. The maximum absolute atomic E-state index is 14.6. The van der Waals surface area contributed by atoms with Crippen molar-refractivity contribution in [3.8, 4) is 0 Å². The zero-order chi connectivity index (χ0) is 15.5. The van der Waals surface area contributed by atoms with Crippen molar-refractivity contribution < 1.29 is 13.6 Å². The molecular formula is C16H16F2N2O. The largest absolute Gasteiger partial charge is 0.359 e. The molecule has 0 aromatic heterocycles. The Bertz CT molecular complexity index is 650. The molecular weight excluding hydrogens is 274 g/mol. The summed E-state index contributed by atoms with van der Waals surface area (Å²) < 4.78 is 28.0. The first-order valence-electron chi connectivity index (χ1n) is 6.54. The molecule has 0 fully saturated rings. The number of aryl methyl sites for hydroxylation is 1. The molecule has 1 aromatic carbocycles. The van der Waals surface area contributed by atoms with E-state index in [1.807, 2.05) is 0 Å². The Morgan fingerprint density at radius 2 is 2.14 bits per heavy atom. The Morgan fingerprint density at radius 1 is 1.38 bits per heavy atom. The van der Waals surface area contributed by atoms with Gasteiger partial charge in [0, 0.05) is 19.7 Å². The molecule has 1 N–H and O–H groups in total. The van der Waals surface area contributed by atoms with E-state index in [9.17, 15) is 13.6 Å². The van der Waals surface area contributed by atoms with Crippen LogP contribution in [0, 0.1) is 12.7 Å². The number of rotatable bonds is 3. The second-order valence-corrected chi connectivity index (χ2v) is 4.91. The second-order valence-electron chi connectivity index (χ2n) is 4.91. The minimum Gasteiger partial charge on any atom is -0.359 e. The highest BCUT2D eigenvalue weighted by Crippen LogP contribution is 2.40. The van der Waals surface area contributed by atoms with E-state index in [2.05, 4.69) is 10.3 Å². The monoisotopic (exact) mass is 290 g/mol. The Hall–Kier alpha value is -2.30. The molecule has 110 valence electrons. The van der Waals surface area contributed by atoms with Crippen LogP contribution in [0.3, 0.4) is 0 Å². The highest BCUT2D eigenvalue weighted by molar-refractivity contribution is 5.80. The zero-order valence-corrected chi connectivity index (χ0v) is 11.9. The van der Waals surface area contributed by atoms with Gasteiger partial charge < -0.3 is 5.32 Å². The molecule has 1 aliphatic rings. The summed E-state index contributed by atoms with van der Waals surface area (Å²) in [7, 11) is 1.49. The minimum atomic E-state index is -1.27. The lowest BCUT2D eigenvalue weighted by molar-refractivity contribution is -0.121. The lowest BCUT2D eigenvalue weighted by Gasteiger charge is -2.30. The first kappa shape index (κ1) is 15.1. The van der Waals surface area contributed by atoms with Crippen molar-refractivity contribution in [1.29, 1.82) is 0 Å². The van der Waals surface area contributed by atoms with Crippen molar-refractivity contribution in [2.75, 3.05) is 7.05 Å². The van der Waals surface area contributed by atoms with Gasteiger partial charge in [-0.15, -0.1) is 0 Å². The Labute approximate surface area is 122 Å². The number of allylic oxidation sites excluding steroid dienone is 3. The molecule has 0 bridgehead atoms. The van der Waals surface area contributed by atoms with Gasteiger partial charge in [0.15, 0.2) is 0 Å². The van der Waals surface area contributed by atoms with Gasteiger partial charge in [-0.05, 0) is 36.3 Å². The van der Waals surface area contributed by atoms with E-state index in [-0.39, 0.29) is 12.3 Å². The van der Waals surface area contributed by atoms with E-state index in [0.717, 1.165) is 6.20 Å². The lowest BCUT2D eigenvalue weighted by atomic mass is 9.74. The van der Waals surface area contributed by atoms with Crippen LogP contribution < -0.4 is 5.32 Å². The summed E-state index contributed by atoms with van der Waals surface area (Å²) in [5, 5.41) is 2.50. The quantitative estimate of drug-likeness (QED) is 0.913. The molecule has 1 atom stereocenters. The van der Waals surface area contributed by atoms with Crippen LogP contribution in [0.1, 0.15) is 17.5 Å². The number of halogens is 2. The van der Waals surface area contributed by atoms with Gasteiger partial charge in [0.2, 0.25) is 5.91 Å². The average molecular weight is 290 g/mol. The number of carbonyl (C=O) groups is 1. The predicted octanol–water partition coefficient (Wildman–Crippen LogP) is 2.96. The number of amides is 1. The number of benzene rings is 1. The third-order valence-electron chi connectivity index (χ3n) is 3.55. The molecule has 1 unspecified atom stereocenters. The van der Waals surface area contributed by atoms with Gasteiger partial charge in [-0.3, -0.25) is 9.79 Å². The highest BCUT2D eigenvalue weighted by atomic mass is 19.1. The fourth-order valence-corrected chi connectivity index (χ4v) is 2.49. The van der Waals surface area contributed by atoms with Gasteiger partial charge in [-0.25, -0.2) is 8.78 Å². The summed E-state index contributed by atoms with van der Waals surface area (Å²) in [6, 6.07) is 4.10. The summed E-state index contributed by atoms with van der Waals surface area (Å²) in [5.41, 5.74) is -0.147. The van der Waals surface area contributed by atoms with E-state index in [1.165, 1.54) is 31.5 Å². The fraction of sp³-hybridized carbons (Fsp3) is 0.250. The maximum Gasteiger partial charge on any atom is 0.221 e. The number of nitrogens with one attached hydrogen (secondary N) is 1. The van der Waals surface area contributed by atoms with Crippen LogP contribution in [-0.4, -0.2) is 19.2 Å². The topological polar surface area (TPSA) is 41.5 Å². The molecule has 1 amide bonds. The minimum absolute atomic E-state index is 0.113. The van der Waals surface area contributed by atoms with Crippen molar-refractivity contribution in [3.05, 3.63) is 59.3 Å². The molecule has 0 spiro atoms. The number of nitrogens with zero attached hydrogens (tertiary/aromatic N) is 1. The van der Waals surface area contributed by atoms with E-state index >= 15 is 0 Å². The van der Waals surface area contributed by atoms with Crippen molar-refractivity contribution in [3.63, 3.8) is 0 Å². The molecule has 21 heavy (non-hydrogen) atoms. The zero-order valence-electron chi connectivity index (χ0n) is 11.9. The molecule has 0 radical (unpaired) electrons. The third kappa shape index (κ3) is 2.91. The molecule has 0 saturated heterocycles. The van der Waals surface area contributed by atoms with Crippen molar-refractivity contribution in [2.24, 2.45) is 4.99 Å². The van der Waals surface area contributed by atoms with E-state index in [1.54, 1.807) is 19.1 Å². The van der Waals surface area contributed by atoms with Gasteiger partial charge in [0.05, 0.1) is 11.6 Å². The van der Waals surface area contributed by atoms with E-state index in [0.29, 0.717) is 11.1 Å². The van der Waals surface area contributed by atoms with Crippen LogP contribution in [0.5, 0.6) is 0 Å². The van der Waals surface area contributed by atoms with E-state index in [4.69, 9.17) is 0 Å². The molecule has 3 nitrogen and oxygen atoms in total. The smallest absolute Gasteiger partial charge is 0.221 e. The number of hydrogen-bond acceptors (Lipinski definition) is 2. The van der Waals surface area contributed by atoms with Gasteiger partial charge in [-0.2, -0.15) is 0 Å². The van der Waals surface area contributed by atoms with Gasteiger partial charge in [0.25, 0.3) is 0 Å². The number of carbonyl (C=O) groups excluding carboxylic acids is 1. The number of hydrogen-bond donors (Lipinski definition) is 1. The summed E-state index contributed by atoms with van der Waals surface area (Å²) in [5.74, 6) is -1.26. The summed E-state index contributed by atoms with van der Waals surface area (Å²) in [4.78, 5) is 15.6. The number of aliphatic imine (C=N–C) groups is 1. The van der Waals surface area contributed by atoms with E-state index < -0.39 is 17.1 Å². The van der Waals surface area contributed by atoms with Crippen LogP contribution in [0.25, 0.3) is 0 Å². The van der Waals surface area contributed by atoms with Gasteiger partial charge in [-0.1, -0.05) is 12.1 Å². The molecule has 1 aromatic rings. The SMILES string of the molecule is CNC(=O)CC1(c2ccc(F)cc2C)C=CC=NC=C1F. The highest BCUT2D eigenvalue weighted by Gasteiger charge is 2.38. The normalized spacial score (nSPS) is 20.9. The molecule has 1 heterocycles. The van der Waals surface area contributed by atoms with Gasteiger partial charge >= 0.3 is 0 Å². The van der Waals surface area contributed by atoms with Crippen LogP contribution in [0.2, 0.25) is 0 Å². The second kappa shape index (κ2) is 5.99. The Balaban J connectivity index is 2.63. The van der Waals surface area contributed by atoms with Gasteiger partial charge in [0.1, 0.15) is 11.6 Å². The molecule has 0 aliphatic carbocycles. The first-order valence-corrected chi connectivity index (χ1v) is 6.54. The fourth-order valence-electron chi connectivity index (χ4n) is 2.49. The molecule has 5 heteroatoms. The standard InChI is InChI=1S/C16H16F2N2O/c1-11-8-12(17)4-5-13(11)16(9-15(21)19-2)6-3-7-20-10-14(16)18/h3-8,10H,9H2,1-2H3,(H,19,21). The van der Waals surface area contributed by atoms with Crippen LogP contribution in [-0.2, 0) is 10.2 Å². The predicted molar refractivity (Wildman–Crippen MR) is 78.3 cm³/mol. The third-order valence-corrected chi connectivity index (χ3v) is 3.55. The van der Waals surface area contributed by atoms with Crippen molar-refractivity contribution in [1.82, 2.24) is 5.32 Å². The van der Waals surface area contributed by atoms with Crippen LogP contribution in [0.4, 0.5) is 8.78 Å². The first-order chi connectivity index (χ1) is 9.99.